The summed E-state index contributed by atoms with van der Waals surface area (Å²) in [5.41, 5.74) is 0.633. The van der Waals surface area contributed by atoms with Gasteiger partial charge in [-0.3, -0.25) is 4.79 Å². The Morgan fingerprint density at radius 1 is 1.26 bits per heavy atom. The summed E-state index contributed by atoms with van der Waals surface area (Å²) < 4.78 is 0. The van der Waals surface area contributed by atoms with Crippen LogP contribution in [-0.2, 0) is 0 Å². The van der Waals surface area contributed by atoms with Gasteiger partial charge in [-0.15, -0.1) is 0 Å². The predicted molar refractivity (Wildman–Crippen MR) is 78.5 cm³/mol. The molecule has 1 aromatic heterocycles. The van der Waals surface area contributed by atoms with E-state index in [1.807, 2.05) is 40.2 Å². The highest BCUT2D eigenvalue weighted by Gasteiger charge is 2.11. The van der Waals surface area contributed by atoms with Crippen molar-refractivity contribution in [2.24, 2.45) is 0 Å². The first-order valence-corrected chi connectivity index (χ1v) is 6.64. The molecule has 0 radical (unpaired) electrons. The maximum Gasteiger partial charge on any atom is 0.255 e. The van der Waals surface area contributed by atoms with E-state index in [2.05, 4.69) is 15.2 Å². The van der Waals surface area contributed by atoms with E-state index < -0.39 is 0 Å². The highest BCUT2D eigenvalue weighted by atomic mass is 16.2. The van der Waals surface area contributed by atoms with Crippen LogP contribution in [0.3, 0.4) is 0 Å². The molecule has 19 heavy (non-hydrogen) atoms. The summed E-state index contributed by atoms with van der Waals surface area (Å²) >= 11 is 0. The fraction of sp³-hybridized carbons (Fsp3) is 0.571. The van der Waals surface area contributed by atoms with Gasteiger partial charge in [-0.25, -0.2) is 4.98 Å². The molecule has 0 spiro atoms. The van der Waals surface area contributed by atoms with Gasteiger partial charge in [0.2, 0.25) is 0 Å². The molecule has 1 heterocycles. The Balaban J connectivity index is 2.51. The maximum absolute atomic E-state index is 12.1. The average Bonchev–Trinajstić information content (AvgIpc) is 2.38. The first-order valence-electron chi connectivity index (χ1n) is 6.64. The highest BCUT2D eigenvalue weighted by Crippen LogP contribution is 2.07. The first-order chi connectivity index (χ1) is 9.04. The number of amides is 1. The molecule has 5 nitrogen and oxygen atoms in total. The van der Waals surface area contributed by atoms with E-state index in [-0.39, 0.29) is 5.91 Å². The molecule has 0 saturated carbocycles. The van der Waals surface area contributed by atoms with Crippen molar-refractivity contribution in [2.75, 3.05) is 46.1 Å². The number of carbonyl (C=O) groups is 1. The minimum Gasteiger partial charge on any atom is -0.370 e. The lowest BCUT2D eigenvalue weighted by atomic mass is 10.2. The molecule has 0 fully saturated rings. The largest absolute Gasteiger partial charge is 0.370 e. The zero-order chi connectivity index (χ0) is 14.3. The molecule has 106 valence electrons. The second kappa shape index (κ2) is 7.74. The van der Waals surface area contributed by atoms with Gasteiger partial charge in [0.05, 0.1) is 5.56 Å². The van der Waals surface area contributed by atoms with Gasteiger partial charge in [0.1, 0.15) is 5.82 Å². The molecule has 0 saturated heterocycles. The number of nitrogens with zero attached hydrogens (tertiary/aromatic N) is 3. The smallest absolute Gasteiger partial charge is 0.255 e. The van der Waals surface area contributed by atoms with Gasteiger partial charge in [0.25, 0.3) is 5.91 Å². The molecule has 1 aromatic rings. The summed E-state index contributed by atoms with van der Waals surface area (Å²) in [5, 5.41) is 3.11. The van der Waals surface area contributed by atoms with E-state index in [1.54, 1.807) is 11.1 Å². The predicted octanol–water partition coefficient (Wildman–Crippen LogP) is 1.54. The Labute approximate surface area is 115 Å². The first kappa shape index (κ1) is 15.4. The summed E-state index contributed by atoms with van der Waals surface area (Å²) in [4.78, 5) is 20.2. The van der Waals surface area contributed by atoms with Crippen LogP contribution >= 0.6 is 0 Å². The van der Waals surface area contributed by atoms with E-state index >= 15 is 0 Å². The zero-order valence-electron chi connectivity index (χ0n) is 12.3. The standard InChI is InChI=1S/C14H24N4O/c1-5-15-13-8-7-12(11-16-13)14(19)18(4)10-6-9-17(2)3/h7-8,11H,5-6,9-10H2,1-4H3,(H,15,16). The SMILES string of the molecule is CCNc1ccc(C(=O)N(C)CCCN(C)C)cn1. The second-order valence-electron chi connectivity index (χ2n) is 4.85. The van der Waals surface area contributed by atoms with Crippen LogP contribution in [0.25, 0.3) is 0 Å². The van der Waals surface area contributed by atoms with E-state index in [1.165, 1.54) is 0 Å². The van der Waals surface area contributed by atoms with Crippen molar-refractivity contribution in [1.82, 2.24) is 14.8 Å². The summed E-state index contributed by atoms with van der Waals surface area (Å²) in [5.74, 6) is 0.823. The Morgan fingerprint density at radius 3 is 2.53 bits per heavy atom. The van der Waals surface area contributed by atoms with Gasteiger partial charge in [-0.05, 0) is 46.1 Å². The molecular formula is C14H24N4O. The second-order valence-corrected chi connectivity index (χ2v) is 4.85. The number of anilines is 1. The van der Waals surface area contributed by atoms with Crippen LogP contribution in [0.1, 0.15) is 23.7 Å². The number of pyridine rings is 1. The van der Waals surface area contributed by atoms with Gasteiger partial charge in [-0.2, -0.15) is 0 Å². The fourth-order valence-corrected chi connectivity index (χ4v) is 1.75. The highest BCUT2D eigenvalue weighted by molar-refractivity contribution is 5.93. The lowest BCUT2D eigenvalue weighted by Gasteiger charge is -2.18. The summed E-state index contributed by atoms with van der Waals surface area (Å²) in [6, 6.07) is 3.65. The Kier molecular flexibility index (Phi) is 6.29. The van der Waals surface area contributed by atoms with Crippen molar-refractivity contribution >= 4 is 11.7 Å². The van der Waals surface area contributed by atoms with Crippen molar-refractivity contribution < 1.29 is 4.79 Å². The number of hydrogen-bond acceptors (Lipinski definition) is 4. The van der Waals surface area contributed by atoms with Gasteiger partial charge in [-0.1, -0.05) is 0 Å². The Morgan fingerprint density at radius 2 is 2.00 bits per heavy atom. The summed E-state index contributed by atoms with van der Waals surface area (Å²) in [7, 11) is 5.90. The third-order valence-electron chi connectivity index (χ3n) is 2.81. The van der Waals surface area contributed by atoms with Crippen molar-refractivity contribution in [2.45, 2.75) is 13.3 Å². The molecule has 1 amide bonds. The average molecular weight is 264 g/mol. The third-order valence-corrected chi connectivity index (χ3v) is 2.81. The number of aromatic nitrogens is 1. The molecule has 0 aromatic carbocycles. The van der Waals surface area contributed by atoms with Crippen molar-refractivity contribution in [3.05, 3.63) is 23.9 Å². The number of nitrogens with one attached hydrogen (secondary N) is 1. The van der Waals surface area contributed by atoms with Crippen molar-refractivity contribution in [3.63, 3.8) is 0 Å². The van der Waals surface area contributed by atoms with Crippen LogP contribution in [0.2, 0.25) is 0 Å². The molecule has 1 N–H and O–H groups in total. The molecule has 0 unspecified atom stereocenters. The van der Waals surface area contributed by atoms with E-state index in [0.29, 0.717) is 5.56 Å². The van der Waals surface area contributed by atoms with Crippen LogP contribution in [-0.4, -0.2) is 61.5 Å². The van der Waals surface area contributed by atoms with Gasteiger partial charge < -0.3 is 15.1 Å². The third kappa shape index (κ3) is 5.26. The van der Waals surface area contributed by atoms with E-state index in [4.69, 9.17) is 0 Å². The van der Waals surface area contributed by atoms with Crippen LogP contribution in [0.4, 0.5) is 5.82 Å². The topological polar surface area (TPSA) is 48.5 Å². The molecule has 0 aliphatic heterocycles. The molecule has 5 heteroatoms. The molecule has 0 aliphatic rings. The Bertz CT molecular complexity index is 389. The molecule has 0 bridgehead atoms. The number of hydrogen-bond donors (Lipinski definition) is 1. The van der Waals surface area contributed by atoms with Gasteiger partial charge >= 0.3 is 0 Å². The molecule has 0 aliphatic carbocycles. The number of carbonyl (C=O) groups excluding carboxylic acids is 1. The van der Waals surface area contributed by atoms with Crippen LogP contribution in [0, 0.1) is 0 Å². The minimum absolute atomic E-state index is 0.0225. The van der Waals surface area contributed by atoms with Crippen LogP contribution < -0.4 is 5.32 Å². The fourth-order valence-electron chi connectivity index (χ4n) is 1.75. The van der Waals surface area contributed by atoms with Crippen LogP contribution in [0.15, 0.2) is 18.3 Å². The molecule has 1 rings (SSSR count). The summed E-state index contributed by atoms with van der Waals surface area (Å²) in [6.07, 6.45) is 2.60. The Hall–Kier alpha value is -1.62. The normalized spacial score (nSPS) is 10.6. The van der Waals surface area contributed by atoms with Crippen molar-refractivity contribution in [3.8, 4) is 0 Å². The molecule has 0 atom stereocenters. The lowest BCUT2D eigenvalue weighted by molar-refractivity contribution is 0.0790. The number of rotatable bonds is 7. The lowest BCUT2D eigenvalue weighted by Crippen LogP contribution is -2.29. The van der Waals surface area contributed by atoms with Crippen LogP contribution in [0.5, 0.6) is 0 Å². The zero-order valence-corrected chi connectivity index (χ0v) is 12.3. The van der Waals surface area contributed by atoms with Gasteiger partial charge in [0.15, 0.2) is 0 Å². The molecular weight excluding hydrogens is 240 g/mol. The van der Waals surface area contributed by atoms with Gasteiger partial charge in [0, 0.05) is 26.3 Å². The summed E-state index contributed by atoms with van der Waals surface area (Å²) in [6.45, 7) is 4.57. The maximum atomic E-state index is 12.1. The quantitative estimate of drug-likeness (QED) is 0.811. The van der Waals surface area contributed by atoms with E-state index in [9.17, 15) is 4.79 Å². The minimum atomic E-state index is 0.0225. The monoisotopic (exact) mass is 264 g/mol. The van der Waals surface area contributed by atoms with Crippen molar-refractivity contribution in [1.29, 1.82) is 0 Å². The van der Waals surface area contributed by atoms with E-state index in [0.717, 1.165) is 31.9 Å².